The Bertz CT molecular complexity index is 1080. The van der Waals surface area contributed by atoms with Gasteiger partial charge >= 0.3 is 0 Å². The van der Waals surface area contributed by atoms with Crippen LogP contribution in [-0.2, 0) is 10.2 Å². The van der Waals surface area contributed by atoms with Gasteiger partial charge in [-0.05, 0) is 36.6 Å². The van der Waals surface area contributed by atoms with Crippen LogP contribution in [0.3, 0.4) is 0 Å². The van der Waals surface area contributed by atoms with Gasteiger partial charge in [0.05, 0.1) is 16.5 Å². The lowest BCUT2D eigenvalue weighted by Gasteiger charge is -2.39. The van der Waals surface area contributed by atoms with Crippen LogP contribution < -0.4 is 5.32 Å². The predicted molar refractivity (Wildman–Crippen MR) is 101 cm³/mol. The van der Waals surface area contributed by atoms with E-state index < -0.39 is 5.41 Å². The van der Waals surface area contributed by atoms with Gasteiger partial charge in [-0.15, -0.1) is 0 Å². The van der Waals surface area contributed by atoms with Gasteiger partial charge in [-0.25, -0.2) is 0 Å². The lowest BCUT2D eigenvalue weighted by Crippen LogP contribution is -2.51. The first-order valence-electron chi connectivity index (χ1n) is 9.09. The van der Waals surface area contributed by atoms with Crippen molar-refractivity contribution in [2.24, 2.45) is 0 Å². The smallest absolute Gasteiger partial charge is 0.256 e. The van der Waals surface area contributed by atoms with Crippen LogP contribution in [0.5, 0.6) is 0 Å². The quantitative estimate of drug-likeness (QED) is 0.726. The van der Waals surface area contributed by atoms with Crippen LogP contribution in [0.2, 0.25) is 0 Å². The number of aromatic nitrogens is 2. The third-order valence-corrected chi connectivity index (χ3v) is 5.63. The molecule has 1 aromatic heterocycles. The average Bonchev–Trinajstić information content (AvgIpc) is 2.98. The van der Waals surface area contributed by atoms with Crippen molar-refractivity contribution in [2.45, 2.75) is 18.3 Å². The number of nitrogens with one attached hydrogen (secondary N) is 1. The lowest BCUT2D eigenvalue weighted by atomic mass is 9.75. The molecule has 27 heavy (non-hydrogen) atoms. The minimum atomic E-state index is -0.666. The molecule has 3 aromatic rings. The zero-order chi connectivity index (χ0) is 18.4. The second-order valence-electron chi connectivity index (χ2n) is 7.14. The predicted octanol–water partition coefficient (Wildman–Crippen LogP) is 2.76. The van der Waals surface area contributed by atoms with E-state index in [1.54, 1.807) is 23.4 Å². The van der Waals surface area contributed by atoms with Crippen molar-refractivity contribution >= 4 is 28.5 Å². The van der Waals surface area contributed by atoms with Crippen LogP contribution in [0.25, 0.3) is 11.0 Å². The number of likely N-dealkylation sites (tertiary alicyclic amines) is 1. The van der Waals surface area contributed by atoms with Gasteiger partial charge in [0.25, 0.3) is 5.91 Å². The molecule has 0 saturated carbocycles. The van der Waals surface area contributed by atoms with Gasteiger partial charge in [0.15, 0.2) is 0 Å². The Balaban J connectivity index is 1.53. The largest absolute Gasteiger partial charge is 0.337 e. The minimum Gasteiger partial charge on any atom is -0.337 e. The number of carbonyl (C=O) groups is 2. The Labute approximate surface area is 156 Å². The fourth-order valence-electron chi connectivity index (χ4n) is 4.34. The van der Waals surface area contributed by atoms with E-state index in [-0.39, 0.29) is 11.8 Å². The molecule has 1 spiro atoms. The van der Waals surface area contributed by atoms with Gasteiger partial charge in [0.1, 0.15) is 5.52 Å². The summed E-state index contributed by atoms with van der Waals surface area (Å²) in [6.45, 7) is 1.01. The minimum absolute atomic E-state index is 0.0149. The van der Waals surface area contributed by atoms with E-state index in [0.29, 0.717) is 29.7 Å². The number of carbonyl (C=O) groups excluding carboxylic acids is 2. The Kier molecular flexibility index (Phi) is 3.47. The molecule has 2 aliphatic heterocycles. The summed E-state index contributed by atoms with van der Waals surface area (Å²) in [6.07, 6.45) is 4.74. The van der Waals surface area contributed by atoms with E-state index in [2.05, 4.69) is 15.3 Å². The summed E-state index contributed by atoms with van der Waals surface area (Å²) in [6, 6.07) is 13.2. The van der Waals surface area contributed by atoms with Gasteiger partial charge in [0, 0.05) is 31.2 Å². The molecular formula is C21H18N4O2. The third-order valence-electron chi connectivity index (χ3n) is 5.63. The number of para-hydroxylation sites is 2. The fourth-order valence-corrected chi connectivity index (χ4v) is 4.34. The number of nitrogens with zero attached hydrogens (tertiary/aromatic N) is 3. The third kappa shape index (κ3) is 2.33. The molecule has 0 radical (unpaired) electrons. The number of rotatable bonds is 1. The summed E-state index contributed by atoms with van der Waals surface area (Å²) in [7, 11) is 0. The fraction of sp³-hybridized carbons (Fsp3) is 0.238. The average molecular weight is 358 g/mol. The van der Waals surface area contributed by atoms with E-state index in [9.17, 15) is 9.59 Å². The summed E-state index contributed by atoms with van der Waals surface area (Å²) < 4.78 is 0. The van der Waals surface area contributed by atoms with Crippen molar-refractivity contribution in [2.75, 3.05) is 18.4 Å². The van der Waals surface area contributed by atoms with E-state index in [1.807, 2.05) is 36.4 Å². The van der Waals surface area contributed by atoms with Crippen molar-refractivity contribution in [1.82, 2.24) is 14.9 Å². The molecule has 2 amide bonds. The first-order chi connectivity index (χ1) is 13.2. The number of anilines is 1. The second-order valence-corrected chi connectivity index (χ2v) is 7.14. The number of hydrogen-bond acceptors (Lipinski definition) is 4. The highest BCUT2D eigenvalue weighted by Crippen LogP contribution is 2.43. The molecule has 1 N–H and O–H groups in total. The first-order valence-corrected chi connectivity index (χ1v) is 9.09. The number of benzene rings is 2. The van der Waals surface area contributed by atoms with E-state index in [0.717, 1.165) is 24.1 Å². The maximum absolute atomic E-state index is 13.3. The topological polar surface area (TPSA) is 75.2 Å². The molecule has 1 unspecified atom stereocenters. The standard InChI is InChI=1S/C21H18N4O2/c26-19(14-5-3-8-17-18(14)23-11-10-22-17)25-12-4-9-21(13-25)15-6-1-2-7-16(15)24-20(21)27/h1-3,5-8,10-11H,4,9,12-13H2,(H,24,27). The van der Waals surface area contributed by atoms with Gasteiger partial charge in [-0.2, -0.15) is 0 Å². The Morgan fingerprint density at radius 2 is 1.93 bits per heavy atom. The summed E-state index contributed by atoms with van der Waals surface area (Å²) >= 11 is 0. The monoisotopic (exact) mass is 358 g/mol. The second kappa shape index (κ2) is 5.87. The molecule has 2 aromatic carbocycles. The van der Waals surface area contributed by atoms with Crippen molar-refractivity contribution < 1.29 is 9.59 Å². The molecule has 2 aliphatic rings. The van der Waals surface area contributed by atoms with E-state index in [1.165, 1.54) is 0 Å². The molecule has 1 atom stereocenters. The zero-order valence-electron chi connectivity index (χ0n) is 14.7. The van der Waals surface area contributed by atoms with Crippen molar-refractivity contribution in [3.8, 4) is 0 Å². The molecule has 1 saturated heterocycles. The van der Waals surface area contributed by atoms with Crippen LogP contribution in [-0.4, -0.2) is 39.8 Å². The summed E-state index contributed by atoms with van der Waals surface area (Å²) in [4.78, 5) is 36.6. The number of amides is 2. The molecule has 6 heteroatoms. The molecular weight excluding hydrogens is 340 g/mol. The maximum Gasteiger partial charge on any atom is 0.256 e. The normalized spacial score (nSPS) is 21.3. The number of hydrogen-bond donors (Lipinski definition) is 1. The van der Waals surface area contributed by atoms with Gasteiger partial charge in [0.2, 0.25) is 5.91 Å². The number of fused-ring (bicyclic) bond motifs is 3. The Hall–Kier alpha value is -3.28. The Morgan fingerprint density at radius 1 is 1.07 bits per heavy atom. The summed E-state index contributed by atoms with van der Waals surface area (Å²) in [5.74, 6) is -0.115. The van der Waals surface area contributed by atoms with E-state index in [4.69, 9.17) is 0 Å². The highest BCUT2D eigenvalue weighted by atomic mass is 16.2. The highest BCUT2D eigenvalue weighted by Gasteiger charge is 2.49. The summed E-state index contributed by atoms with van der Waals surface area (Å²) in [5, 5.41) is 2.99. The maximum atomic E-state index is 13.3. The molecule has 5 rings (SSSR count). The molecule has 134 valence electrons. The van der Waals surface area contributed by atoms with E-state index >= 15 is 0 Å². The number of piperidine rings is 1. The van der Waals surface area contributed by atoms with Crippen molar-refractivity contribution in [3.63, 3.8) is 0 Å². The molecule has 0 aliphatic carbocycles. The first kappa shape index (κ1) is 15.9. The van der Waals surface area contributed by atoms with Gasteiger partial charge in [-0.1, -0.05) is 24.3 Å². The van der Waals surface area contributed by atoms with Gasteiger partial charge in [-0.3, -0.25) is 19.6 Å². The Morgan fingerprint density at radius 3 is 2.85 bits per heavy atom. The van der Waals surface area contributed by atoms with Crippen LogP contribution >= 0.6 is 0 Å². The molecule has 1 fully saturated rings. The highest BCUT2D eigenvalue weighted by molar-refractivity contribution is 6.08. The summed E-state index contributed by atoms with van der Waals surface area (Å²) in [5.41, 5.74) is 3.00. The van der Waals surface area contributed by atoms with Crippen molar-refractivity contribution in [1.29, 1.82) is 0 Å². The van der Waals surface area contributed by atoms with Crippen LogP contribution in [0.15, 0.2) is 54.9 Å². The molecule has 6 nitrogen and oxygen atoms in total. The van der Waals surface area contributed by atoms with Gasteiger partial charge < -0.3 is 10.2 Å². The van der Waals surface area contributed by atoms with Crippen LogP contribution in [0.4, 0.5) is 5.69 Å². The zero-order valence-corrected chi connectivity index (χ0v) is 14.7. The van der Waals surface area contributed by atoms with Crippen molar-refractivity contribution in [3.05, 3.63) is 66.0 Å². The van der Waals surface area contributed by atoms with Crippen LogP contribution in [0.1, 0.15) is 28.8 Å². The lowest BCUT2D eigenvalue weighted by molar-refractivity contribution is -0.122. The SMILES string of the molecule is O=C(c1cccc2nccnc12)N1CCCC2(C1)C(=O)Nc1ccccc12. The van der Waals surface area contributed by atoms with Crippen LogP contribution in [0, 0.1) is 0 Å². The molecule has 0 bridgehead atoms. The molecule has 3 heterocycles.